The molecule has 1 saturated heterocycles. The van der Waals surface area contributed by atoms with Crippen molar-refractivity contribution < 1.29 is 9.50 Å². The van der Waals surface area contributed by atoms with E-state index < -0.39 is 0 Å². The molecule has 0 radical (unpaired) electrons. The van der Waals surface area contributed by atoms with Gasteiger partial charge in [-0.15, -0.1) is 0 Å². The van der Waals surface area contributed by atoms with Gasteiger partial charge in [0.15, 0.2) is 0 Å². The number of piperazine rings is 1. The van der Waals surface area contributed by atoms with Gasteiger partial charge in [-0.25, -0.2) is 4.39 Å². The van der Waals surface area contributed by atoms with Crippen molar-refractivity contribution in [3.8, 4) is 0 Å². The van der Waals surface area contributed by atoms with Crippen molar-refractivity contribution in [2.45, 2.75) is 45.3 Å². The van der Waals surface area contributed by atoms with Crippen LogP contribution in [0.1, 0.15) is 43.1 Å². The van der Waals surface area contributed by atoms with E-state index in [0.29, 0.717) is 18.9 Å². The van der Waals surface area contributed by atoms with Gasteiger partial charge < -0.3 is 5.11 Å². The highest BCUT2D eigenvalue weighted by molar-refractivity contribution is 5.17. The molecule has 0 spiro atoms. The zero-order valence-corrected chi connectivity index (χ0v) is 15.7. The van der Waals surface area contributed by atoms with Crippen LogP contribution in [0.15, 0.2) is 30.3 Å². The molecule has 6 heteroatoms. The fourth-order valence-electron chi connectivity index (χ4n) is 3.57. The summed E-state index contributed by atoms with van der Waals surface area (Å²) >= 11 is 0. The second-order valence-corrected chi connectivity index (χ2v) is 7.44. The summed E-state index contributed by atoms with van der Waals surface area (Å²) < 4.78 is 14.0. The number of H-pyrrole nitrogens is 1. The summed E-state index contributed by atoms with van der Waals surface area (Å²) in [6.45, 7) is 8.49. The number of aromatic nitrogens is 2. The van der Waals surface area contributed by atoms with Gasteiger partial charge in [0.2, 0.25) is 0 Å². The van der Waals surface area contributed by atoms with Gasteiger partial charge in [0.05, 0.1) is 5.69 Å². The first kappa shape index (κ1) is 19.0. The molecule has 1 aromatic carbocycles. The van der Waals surface area contributed by atoms with E-state index in [-0.39, 0.29) is 18.5 Å². The Labute approximate surface area is 154 Å². The number of nitrogens with zero attached hydrogens (tertiary/aromatic N) is 3. The summed E-state index contributed by atoms with van der Waals surface area (Å²) in [6, 6.07) is 9.31. The molecule has 5 nitrogen and oxygen atoms in total. The summed E-state index contributed by atoms with van der Waals surface area (Å²) in [4.78, 5) is 4.67. The van der Waals surface area contributed by atoms with Crippen LogP contribution in [-0.4, -0.2) is 57.4 Å². The molecule has 1 atom stereocenters. The molecule has 1 fully saturated rings. The van der Waals surface area contributed by atoms with Crippen LogP contribution in [0.25, 0.3) is 0 Å². The molecule has 26 heavy (non-hydrogen) atoms. The average Bonchev–Trinajstić information content (AvgIpc) is 3.08. The Morgan fingerprint density at radius 3 is 2.77 bits per heavy atom. The Morgan fingerprint density at radius 2 is 2.08 bits per heavy atom. The zero-order valence-electron chi connectivity index (χ0n) is 15.7. The van der Waals surface area contributed by atoms with Gasteiger partial charge in [0.25, 0.3) is 0 Å². The second kappa shape index (κ2) is 8.75. The lowest BCUT2D eigenvalue weighted by Crippen LogP contribution is -2.52. The Balaban J connectivity index is 1.62. The highest BCUT2D eigenvalue weighted by Gasteiger charge is 2.27. The van der Waals surface area contributed by atoms with Gasteiger partial charge in [0, 0.05) is 56.6 Å². The molecule has 2 aromatic rings. The molecular formula is C20H29FN4O. The lowest BCUT2D eigenvalue weighted by molar-refractivity contribution is 0.0487. The number of hydrogen-bond acceptors (Lipinski definition) is 4. The standard InChI is InChI=1S/C20H29FN4O/c1-15(2)20-11-17(22-23-20)13-24-8-9-25(18(14-24)7-10-26)12-16-5-3-4-6-19(16)21/h3-6,11,15,18,26H,7-10,12-14H2,1-2H3,(H,22,23)/t18-/m0/s1. The Kier molecular flexibility index (Phi) is 6.40. The van der Waals surface area contributed by atoms with Crippen molar-refractivity contribution in [2.24, 2.45) is 0 Å². The predicted octanol–water partition coefficient (Wildman–Crippen LogP) is 2.74. The van der Waals surface area contributed by atoms with Gasteiger partial charge >= 0.3 is 0 Å². The molecule has 1 aliphatic heterocycles. The monoisotopic (exact) mass is 360 g/mol. The SMILES string of the molecule is CC(C)c1cc(CN2CCN(Cc3ccccc3F)[C@@H](CCO)C2)[nH]n1. The van der Waals surface area contributed by atoms with Crippen LogP contribution < -0.4 is 0 Å². The van der Waals surface area contributed by atoms with E-state index in [1.807, 2.05) is 12.1 Å². The lowest BCUT2D eigenvalue weighted by atomic mass is 10.1. The van der Waals surface area contributed by atoms with Crippen molar-refractivity contribution in [3.63, 3.8) is 0 Å². The van der Waals surface area contributed by atoms with Crippen LogP contribution in [0.4, 0.5) is 4.39 Å². The van der Waals surface area contributed by atoms with Crippen molar-refractivity contribution in [1.29, 1.82) is 0 Å². The van der Waals surface area contributed by atoms with Gasteiger partial charge in [-0.05, 0) is 24.5 Å². The summed E-state index contributed by atoms with van der Waals surface area (Å²) in [5.41, 5.74) is 2.93. The fraction of sp³-hybridized carbons (Fsp3) is 0.550. The molecular weight excluding hydrogens is 331 g/mol. The molecule has 2 N–H and O–H groups in total. The van der Waals surface area contributed by atoms with Crippen LogP contribution >= 0.6 is 0 Å². The van der Waals surface area contributed by atoms with Crippen molar-refractivity contribution in [1.82, 2.24) is 20.0 Å². The van der Waals surface area contributed by atoms with E-state index in [1.54, 1.807) is 6.07 Å². The average molecular weight is 360 g/mol. The Hall–Kier alpha value is -1.76. The molecule has 3 rings (SSSR count). The quantitative estimate of drug-likeness (QED) is 0.797. The maximum absolute atomic E-state index is 14.0. The third-order valence-corrected chi connectivity index (χ3v) is 5.12. The lowest BCUT2D eigenvalue weighted by Gasteiger charge is -2.41. The molecule has 0 saturated carbocycles. The van der Waals surface area contributed by atoms with Crippen LogP contribution in [0.2, 0.25) is 0 Å². The van der Waals surface area contributed by atoms with E-state index in [9.17, 15) is 9.50 Å². The van der Waals surface area contributed by atoms with Crippen LogP contribution in [0.3, 0.4) is 0 Å². The minimum Gasteiger partial charge on any atom is -0.396 e. The number of aromatic amines is 1. The van der Waals surface area contributed by atoms with Gasteiger partial charge in [-0.1, -0.05) is 32.0 Å². The Morgan fingerprint density at radius 1 is 1.27 bits per heavy atom. The first-order valence-corrected chi connectivity index (χ1v) is 9.41. The number of rotatable bonds is 7. The number of nitrogens with one attached hydrogen (secondary N) is 1. The van der Waals surface area contributed by atoms with E-state index in [1.165, 1.54) is 6.07 Å². The fourth-order valence-corrected chi connectivity index (χ4v) is 3.57. The molecule has 1 aromatic heterocycles. The molecule has 1 aliphatic rings. The predicted molar refractivity (Wildman–Crippen MR) is 100 cm³/mol. The minimum absolute atomic E-state index is 0.147. The third kappa shape index (κ3) is 4.69. The molecule has 0 unspecified atom stereocenters. The van der Waals surface area contributed by atoms with E-state index >= 15 is 0 Å². The van der Waals surface area contributed by atoms with Gasteiger partial charge in [0.1, 0.15) is 5.82 Å². The van der Waals surface area contributed by atoms with E-state index in [4.69, 9.17) is 0 Å². The third-order valence-electron chi connectivity index (χ3n) is 5.12. The van der Waals surface area contributed by atoms with Crippen molar-refractivity contribution in [3.05, 3.63) is 53.1 Å². The maximum atomic E-state index is 14.0. The van der Waals surface area contributed by atoms with Crippen LogP contribution in [0, 0.1) is 5.82 Å². The zero-order chi connectivity index (χ0) is 18.5. The first-order valence-electron chi connectivity index (χ1n) is 9.41. The summed E-state index contributed by atoms with van der Waals surface area (Å²) in [5.74, 6) is 0.260. The van der Waals surface area contributed by atoms with E-state index in [2.05, 4.69) is 39.9 Å². The summed E-state index contributed by atoms with van der Waals surface area (Å²) in [6.07, 6.45) is 0.700. The van der Waals surface area contributed by atoms with Crippen molar-refractivity contribution in [2.75, 3.05) is 26.2 Å². The molecule has 142 valence electrons. The molecule has 2 heterocycles. The molecule has 0 amide bonds. The highest BCUT2D eigenvalue weighted by Crippen LogP contribution is 2.20. The normalized spacial score (nSPS) is 19.3. The first-order chi connectivity index (χ1) is 12.6. The van der Waals surface area contributed by atoms with Gasteiger partial charge in [-0.2, -0.15) is 5.10 Å². The number of halogens is 1. The largest absolute Gasteiger partial charge is 0.396 e. The van der Waals surface area contributed by atoms with Crippen molar-refractivity contribution >= 4 is 0 Å². The second-order valence-electron chi connectivity index (χ2n) is 7.44. The molecule has 0 aliphatic carbocycles. The van der Waals surface area contributed by atoms with Crippen LogP contribution in [-0.2, 0) is 13.1 Å². The topological polar surface area (TPSA) is 55.4 Å². The smallest absolute Gasteiger partial charge is 0.127 e. The number of aliphatic hydroxyl groups is 1. The maximum Gasteiger partial charge on any atom is 0.127 e. The minimum atomic E-state index is -0.156. The van der Waals surface area contributed by atoms with Gasteiger partial charge in [-0.3, -0.25) is 14.9 Å². The van der Waals surface area contributed by atoms with E-state index in [0.717, 1.165) is 43.1 Å². The summed E-state index contributed by atoms with van der Waals surface area (Å²) in [5, 5.41) is 17.0. The van der Waals surface area contributed by atoms with Crippen LogP contribution in [0.5, 0.6) is 0 Å². The summed E-state index contributed by atoms with van der Waals surface area (Å²) in [7, 11) is 0. The number of aliphatic hydroxyl groups excluding tert-OH is 1. The highest BCUT2D eigenvalue weighted by atomic mass is 19.1. The number of benzene rings is 1. The Bertz CT molecular complexity index is 703. The number of hydrogen-bond donors (Lipinski definition) is 2. The molecule has 0 bridgehead atoms.